The summed E-state index contributed by atoms with van der Waals surface area (Å²) in [6, 6.07) is 0. The third-order valence-corrected chi connectivity index (χ3v) is 29.0. The molecular formula is C70H103Na7O46S8. The molecule has 16 N–H and O–H groups in total. The molecular weight excluding hydrogens is 1990 g/mol. The molecule has 0 radical (unpaired) electrons. The summed E-state index contributed by atoms with van der Waals surface area (Å²) in [6.07, 6.45) is -84.0. The summed E-state index contributed by atoms with van der Waals surface area (Å²) < 4.78 is 99.6. The maximum atomic E-state index is 12.2. The first kappa shape index (κ1) is 132. The summed E-state index contributed by atoms with van der Waals surface area (Å²) in [5, 5.41) is 276. The number of hydrogen-bond acceptors (Lipinski definition) is 54. The minimum absolute atomic E-state index is 0. The standard InChI is InChI=1S/C70H110O46S8.7Na/c1-117-16-24-55-39(85)47(93)63(101-24)110-56-25(17-118-9-2-32(71)72)103-65(49(95)41(56)87)112-58-27(19-120-11-4-34(75)76)105-67(51(97)43(58)89)114-60-29(21-122-13-6-36(79)80)107-69(53(99)45(60)91)116-62-31(23-124-15-8-38(83)84)108-70(54(100)46(62)92)115-61-30(22-123-14-7-37(81)82)106-68(52(98)44(61)90)113-59-28(20-121-12-5-35(77)78)104-66(50(96)42(59)88)111-57-26(18-119-10-3-33(73)74)102-64(109-55)48(94)40(57)86;;;;;;;/h24-31,39-70,85-100H,2-23H2,1H3,(H,71,72)(H,73,74)(H,75,76)(H,77,78)(H,79,80)(H,81,82)(H,83,84);;;;;;;/q;7*+1/p-7/t24-,25-,26-,27-,28-,29-,30-,31-,39-,40-,41-,42-,43-,44-,45-,46-,47-,48-,49-,50-,51-,52-,53-,54-,55-,56-,57-,58-,59-,60-,61-,62-,63-,64-,65-,66-,67-,68-,69-,70-;;;;;;;/m1......./s1. The van der Waals surface area contributed by atoms with Crippen molar-refractivity contribution in [3.8, 4) is 0 Å². The summed E-state index contributed by atoms with van der Waals surface area (Å²) in [5.41, 5.74) is 0. The molecule has 0 saturated carbocycles. The van der Waals surface area contributed by atoms with E-state index in [0.29, 0.717) is 0 Å². The van der Waals surface area contributed by atoms with E-state index in [4.69, 9.17) is 75.8 Å². The predicted octanol–water partition coefficient (Wildman–Crippen LogP) is -37.8. The Morgan fingerprint density at radius 2 is 0.298 bits per heavy atom. The molecule has 0 unspecified atom stereocenters. The van der Waals surface area contributed by atoms with E-state index in [1.54, 1.807) is 6.26 Å². The van der Waals surface area contributed by atoms with Crippen LogP contribution < -0.4 is 243 Å². The van der Waals surface area contributed by atoms with Crippen LogP contribution in [0.5, 0.6) is 0 Å². The summed E-state index contributed by atoms with van der Waals surface area (Å²) in [4.78, 5) is 81.5. The van der Waals surface area contributed by atoms with Crippen molar-refractivity contribution in [1.82, 2.24) is 0 Å². The smallest absolute Gasteiger partial charge is 0.550 e. The van der Waals surface area contributed by atoms with Gasteiger partial charge in [0, 0.05) is 87.8 Å². The zero-order valence-corrected chi connectivity index (χ0v) is 93.4. The average molecular weight is 2100 g/mol. The average Bonchev–Trinajstić information content (AvgIpc) is 0.769. The zero-order chi connectivity index (χ0) is 90.7. The van der Waals surface area contributed by atoms with Gasteiger partial charge in [0.15, 0.2) is 50.3 Å². The Balaban J connectivity index is 0.00000830. The van der Waals surface area contributed by atoms with E-state index in [1.807, 2.05) is 0 Å². The number of carboxylic acid groups (broad SMARTS) is 7. The third-order valence-electron chi connectivity index (χ3n) is 20.9. The molecule has 30 heterocycles. The Bertz CT molecular complexity index is 3230. The van der Waals surface area contributed by atoms with Gasteiger partial charge in [-0.15, -0.1) is 0 Å². The number of aliphatic hydroxyl groups excluding tert-OH is 16. The fraction of sp³-hybridized carbons (Fsp3) is 0.900. The Labute approximate surface area is 940 Å². The van der Waals surface area contributed by atoms with Crippen LogP contribution in [0.3, 0.4) is 0 Å². The minimum atomic E-state index is -2.35. The van der Waals surface area contributed by atoms with E-state index < -0.39 is 361 Å². The first-order valence-corrected chi connectivity index (χ1v) is 48.7. The Morgan fingerprint density at radius 3 is 0.397 bits per heavy atom. The van der Waals surface area contributed by atoms with Gasteiger partial charge in [0.2, 0.25) is 0 Å². The van der Waals surface area contributed by atoms with Crippen LogP contribution in [0.25, 0.3) is 0 Å². The molecule has 30 saturated heterocycles. The van der Waals surface area contributed by atoms with E-state index in [-0.39, 0.29) is 264 Å². The van der Waals surface area contributed by atoms with Gasteiger partial charge in [-0.05, 0) is 91.5 Å². The molecule has 714 valence electrons. The van der Waals surface area contributed by atoms with Gasteiger partial charge in [-0.3, -0.25) is 0 Å². The largest absolute Gasteiger partial charge is 1.00 e. The van der Waals surface area contributed by atoms with E-state index in [1.165, 1.54) is 0 Å². The van der Waals surface area contributed by atoms with Crippen LogP contribution in [0.1, 0.15) is 44.9 Å². The molecule has 0 aromatic carbocycles. The first-order chi connectivity index (χ1) is 58.9. The number of hydrogen-bond donors (Lipinski definition) is 16. The molecule has 30 fully saturated rings. The fourth-order valence-corrected chi connectivity index (χ4v) is 21.9. The van der Waals surface area contributed by atoms with Crippen LogP contribution in [0, 0.1) is 0 Å². The normalized spacial score (nSPS) is 40.2. The summed E-state index contributed by atoms with van der Waals surface area (Å²) in [5.74, 6) is -15.0. The van der Waals surface area contributed by atoms with Crippen molar-refractivity contribution in [3.63, 3.8) is 0 Å². The van der Waals surface area contributed by atoms with Crippen molar-refractivity contribution in [3.05, 3.63) is 0 Å². The third kappa shape index (κ3) is 38.4. The molecule has 30 rings (SSSR count). The van der Waals surface area contributed by atoms with Crippen LogP contribution in [-0.4, -0.2) is 462 Å². The van der Waals surface area contributed by atoms with Gasteiger partial charge in [0.05, 0.1) is 48.8 Å². The monoisotopic (exact) mass is 2100 g/mol. The molecule has 40 atom stereocenters. The Hall–Kier alpha value is 4.81. The van der Waals surface area contributed by atoms with Crippen LogP contribution in [0.2, 0.25) is 0 Å². The fourth-order valence-electron chi connectivity index (χ4n) is 14.5. The molecule has 0 amide bonds. The van der Waals surface area contributed by atoms with E-state index >= 15 is 0 Å². The molecule has 0 spiro atoms. The summed E-state index contributed by atoms with van der Waals surface area (Å²) in [6.45, 7) is 0. The van der Waals surface area contributed by atoms with Gasteiger partial charge < -0.3 is 227 Å². The van der Waals surface area contributed by atoms with Gasteiger partial charge in [0.25, 0.3) is 0 Å². The van der Waals surface area contributed by atoms with Crippen LogP contribution >= 0.6 is 94.1 Å². The SMILES string of the molecule is CSC[C@H]1O[C@@H]2O[C@H]3[C@H](O)[C@@H](O)[C@@H](O[C@H]4[C@H](O)[C@@H](O)[C@@H](O[C@H]5[C@H](O)[C@@H](O)[C@@H](O[C@H]6[C@H](O)[C@@H](O)[C@@H](O[C@H]7[C@H](O)[C@@H](O)[C@@H](O[C@H]8[C@H](O)[C@@H](O)[C@@H](O[C@H]9[C@H](O)[C@@H](O)[C@@H](O[C@H]1[C@H](O)[C@H]2O)O[C@@H]9CSCCC(=O)[O-])O[C@@H]8CSCCC(=O)[O-])O[C@@H]7CSCCC(=O)[O-])O[C@@H]6CSCCC(=O)[O-])O[C@@H]5CSCCC(=O)[O-])O[C@@H]4CSCCC(=O)[O-])O[C@@H]3CSCCC(=O)[O-].[Na+].[Na+].[Na+].[Na+].[Na+].[Na+].[Na+]. The quantitative estimate of drug-likeness (QED) is 0.0203. The zero-order valence-electron chi connectivity index (χ0n) is 72.8. The number of carbonyl (C=O) groups excluding carboxylic acids is 7. The van der Waals surface area contributed by atoms with E-state index in [9.17, 15) is 151 Å². The van der Waals surface area contributed by atoms with E-state index in [0.717, 1.165) is 94.1 Å². The topological polar surface area (TPSA) is 752 Å². The van der Waals surface area contributed by atoms with Crippen molar-refractivity contribution in [2.45, 2.75) is 291 Å². The molecule has 0 aliphatic carbocycles. The number of aliphatic carboxylic acids is 7. The number of thioether (sulfide) groups is 8. The van der Waals surface area contributed by atoms with E-state index in [2.05, 4.69) is 0 Å². The number of carbonyl (C=O) groups is 7. The molecule has 0 aromatic rings. The number of carboxylic acids is 7. The van der Waals surface area contributed by atoms with Gasteiger partial charge in [0.1, 0.15) is 146 Å². The van der Waals surface area contributed by atoms with Gasteiger partial charge in [-0.25, -0.2) is 0 Å². The predicted molar refractivity (Wildman–Crippen MR) is 411 cm³/mol. The maximum absolute atomic E-state index is 12.2. The van der Waals surface area contributed by atoms with Crippen molar-refractivity contribution < 1.29 is 434 Å². The van der Waals surface area contributed by atoms with Crippen molar-refractivity contribution >= 4 is 136 Å². The number of ether oxygens (including phenoxy) is 16. The number of rotatable bonds is 37. The molecule has 131 heavy (non-hydrogen) atoms. The minimum Gasteiger partial charge on any atom is -0.550 e. The van der Waals surface area contributed by atoms with Crippen LogP contribution in [0.15, 0.2) is 0 Å². The first-order valence-electron chi connectivity index (χ1n) is 39.2. The Kier molecular flexibility index (Phi) is 66.0. The van der Waals surface area contributed by atoms with Gasteiger partial charge >= 0.3 is 207 Å². The van der Waals surface area contributed by atoms with Crippen LogP contribution in [0.4, 0.5) is 0 Å². The summed E-state index contributed by atoms with van der Waals surface area (Å²) in [7, 11) is 0. The number of aliphatic hydroxyl groups is 16. The second-order valence-electron chi connectivity index (χ2n) is 29.8. The molecule has 0 aromatic heterocycles. The van der Waals surface area contributed by atoms with Crippen LogP contribution in [-0.2, 0) is 109 Å². The second-order valence-corrected chi connectivity index (χ2v) is 38.8. The maximum Gasteiger partial charge on any atom is 1.00 e. The summed E-state index contributed by atoms with van der Waals surface area (Å²) >= 11 is 6.98. The molecule has 30 aliphatic heterocycles. The Morgan fingerprint density at radius 1 is 0.191 bits per heavy atom. The van der Waals surface area contributed by atoms with Gasteiger partial charge in [-0.1, -0.05) is 0 Å². The van der Waals surface area contributed by atoms with Gasteiger partial charge in [-0.2, -0.15) is 94.1 Å². The van der Waals surface area contributed by atoms with Crippen molar-refractivity contribution in [1.29, 1.82) is 0 Å². The molecule has 61 heteroatoms. The second kappa shape index (κ2) is 65.6. The van der Waals surface area contributed by atoms with Crippen molar-refractivity contribution in [2.24, 2.45) is 0 Å². The van der Waals surface area contributed by atoms with Crippen molar-refractivity contribution in [2.75, 3.05) is 92.5 Å². The molecule has 46 nitrogen and oxygen atoms in total. The molecule has 16 bridgehead atoms. The molecule has 30 aliphatic rings.